The molecule has 0 aromatic heterocycles. The van der Waals surface area contributed by atoms with Crippen LogP contribution in [-0.4, -0.2) is 33.2 Å². The Morgan fingerprint density at radius 3 is 2.30 bits per heavy atom. The van der Waals surface area contributed by atoms with Crippen molar-refractivity contribution in [1.29, 1.82) is 0 Å². The molecule has 0 aliphatic rings. The molecule has 9 heteroatoms. The number of rotatable bonds is 7. The zero-order valence-electron chi connectivity index (χ0n) is 15.1. The molecule has 0 heterocycles. The molecular weight excluding hydrogens is 411 g/mol. The number of carbonyl (C=O) groups excluding carboxylic acids is 1. The number of amides is 1. The number of benzene rings is 2. The molecule has 27 heavy (non-hydrogen) atoms. The number of hydrogen-bond acceptors (Lipinski definition) is 4. The smallest absolute Gasteiger partial charge is 0.247 e. The first-order chi connectivity index (χ1) is 12.6. The van der Waals surface area contributed by atoms with Crippen LogP contribution in [0.3, 0.4) is 0 Å². The molecule has 0 aliphatic heterocycles. The minimum atomic E-state index is -3.71. The lowest BCUT2D eigenvalue weighted by atomic mass is 10.2. The molecule has 2 aromatic rings. The number of sulfonamides is 1. The summed E-state index contributed by atoms with van der Waals surface area (Å²) in [5.74, 6) is 0.107. The van der Waals surface area contributed by atoms with Gasteiger partial charge in [0, 0.05) is 5.69 Å². The van der Waals surface area contributed by atoms with Gasteiger partial charge < -0.3 is 10.1 Å². The van der Waals surface area contributed by atoms with E-state index in [0.717, 1.165) is 10.6 Å². The lowest BCUT2D eigenvalue weighted by Crippen LogP contribution is -2.45. The van der Waals surface area contributed by atoms with Gasteiger partial charge in [0.05, 0.1) is 28.6 Å². The highest BCUT2D eigenvalue weighted by Crippen LogP contribution is 2.27. The van der Waals surface area contributed by atoms with Crippen molar-refractivity contribution in [3.05, 3.63) is 52.5 Å². The van der Waals surface area contributed by atoms with Crippen LogP contribution in [0.4, 0.5) is 11.4 Å². The average molecular weight is 431 g/mol. The van der Waals surface area contributed by atoms with Gasteiger partial charge >= 0.3 is 0 Å². The zero-order valence-corrected chi connectivity index (χ0v) is 17.4. The fraction of sp³-hybridized carbons (Fsp3) is 0.278. The number of ether oxygens (including phenoxy) is 1. The molecule has 0 fully saturated rings. The second-order valence-electron chi connectivity index (χ2n) is 5.78. The monoisotopic (exact) mass is 430 g/mol. The van der Waals surface area contributed by atoms with Crippen LogP contribution in [0.2, 0.25) is 10.0 Å². The molecule has 0 bridgehead atoms. The van der Waals surface area contributed by atoms with Crippen molar-refractivity contribution in [2.75, 3.05) is 22.5 Å². The Kier molecular flexibility index (Phi) is 6.97. The Morgan fingerprint density at radius 2 is 1.78 bits per heavy atom. The highest BCUT2D eigenvalue weighted by atomic mass is 35.5. The third-order valence-corrected chi connectivity index (χ3v) is 5.66. The van der Waals surface area contributed by atoms with Crippen LogP contribution in [0.5, 0.6) is 5.75 Å². The molecule has 1 N–H and O–H groups in total. The Labute approximate surface area is 169 Å². The van der Waals surface area contributed by atoms with E-state index in [0.29, 0.717) is 28.8 Å². The van der Waals surface area contributed by atoms with Gasteiger partial charge in [-0.25, -0.2) is 8.42 Å². The first kappa shape index (κ1) is 21.3. The summed E-state index contributed by atoms with van der Waals surface area (Å²) >= 11 is 11.8. The maximum atomic E-state index is 12.6. The minimum Gasteiger partial charge on any atom is -0.494 e. The third-order valence-electron chi connectivity index (χ3n) is 3.68. The maximum absolute atomic E-state index is 12.6. The first-order valence-electron chi connectivity index (χ1n) is 8.11. The van der Waals surface area contributed by atoms with E-state index in [2.05, 4.69) is 5.32 Å². The van der Waals surface area contributed by atoms with Gasteiger partial charge in [-0.3, -0.25) is 9.10 Å². The Balaban J connectivity index is 2.27. The molecule has 1 atom stereocenters. The number of nitrogens with one attached hydrogen (secondary N) is 1. The maximum Gasteiger partial charge on any atom is 0.247 e. The van der Waals surface area contributed by atoms with Crippen LogP contribution in [0.15, 0.2) is 42.5 Å². The van der Waals surface area contributed by atoms with Crippen LogP contribution in [0.1, 0.15) is 13.8 Å². The summed E-state index contributed by atoms with van der Waals surface area (Å²) in [4.78, 5) is 12.6. The Hall–Kier alpha value is -1.96. The number of carbonyl (C=O) groups is 1. The number of nitrogens with zero attached hydrogens (tertiary/aromatic N) is 1. The number of anilines is 2. The fourth-order valence-electron chi connectivity index (χ4n) is 2.49. The van der Waals surface area contributed by atoms with E-state index in [1.54, 1.807) is 36.4 Å². The van der Waals surface area contributed by atoms with Gasteiger partial charge in [-0.1, -0.05) is 23.2 Å². The van der Waals surface area contributed by atoms with Crippen molar-refractivity contribution in [2.24, 2.45) is 0 Å². The number of halogens is 2. The van der Waals surface area contributed by atoms with Crippen molar-refractivity contribution in [3.63, 3.8) is 0 Å². The molecule has 0 aliphatic carbocycles. The fourth-order valence-corrected chi connectivity index (χ4v) is 3.96. The zero-order chi connectivity index (χ0) is 20.2. The predicted octanol–water partition coefficient (Wildman–Crippen LogP) is 4.19. The van der Waals surface area contributed by atoms with Crippen molar-refractivity contribution in [1.82, 2.24) is 0 Å². The summed E-state index contributed by atoms with van der Waals surface area (Å²) in [6.45, 7) is 3.86. The summed E-state index contributed by atoms with van der Waals surface area (Å²) in [6, 6.07) is 10.1. The standard InChI is InChI=1S/C18H20Cl2N2O4S/c1-4-26-15-8-6-14(7-9-15)22(27(3,24)25)12(2)18(23)21-13-5-10-16(19)17(20)11-13/h5-12H,4H2,1-3H3,(H,21,23)/t12-/m1/s1. The molecule has 0 saturated heterocycles. The molecule has 1 amide bonds. The van der Waals surface area contributed by atoms with Gasteiger partial charge in [-0.15, -0.1) is 0 Å². The van der Waals surface area contributed by atoms with Crippen LogP contribution in [-0.2, 0) is 14.8 Å². The van der Waals surface area contributed by atoms with E-state index in [4.69, 9.17) is 27.9 Å². The summed E-state index contributed by atoms with van der Waals surface area (Å²) in [6.07, 6.45) is 1.05. The molecule has 2 rings (SSSR count). The van der Waals surface area contributed by atoms with Gasteiger partial charge in [0.15, 0.2) is 0 Å². The second-order valence-corrected chi connectivity index (χ2v) is 8.45. The molecule has 146 valence electrons. The topological polar surface area (TPSA) is 75.7 Å². The second kappa shape index (κ2) is 8.82. The molecule has 0 saturated carbocycles. The summed E-state index contributed by atoms with van der Waals surface area (Å²) in [7, 11) is -3.71. The van der Waals surface area contributed by atoms with E-state index in [-0.39, 0.29) is 5.02 Å². The lowest BCUT2D eigenvalue weighted by molar-refractivity contribution is -0.116. The van der Waals surface area contributed by atoms with Crippen LogP contribution in [0, 0.1) is 0 Å². The summed E-state index contributed by atoms with van der Waals surface area (Å²) < 4.78 is 31.0. The Morgan fingerprint density at radius 1 is 1.15 bits per heavy atom. The SMILES string of the molecule is CCOc1ccc(N([C@H](C)C(=O)Nc2ccc(Cl)c(Cl)c2)S(C)(=O)=O)cc1. The summed E-state index contributed by atoms with van der Waals surface area (Å²) in [5, 5.41) is 3.29. The van der Waals surface area contributed by atoms with Gasteiger partial charge in [-0.2, -0.15) is 0 Å². The van der Waals surface area contributed by atoms with Crippen LogP contribution in [0.25, 0.3) is 0 Å². The van der Waals surface area contributed by atoms with Crippen molar-refractivity contribution < 1.29 is 17.9 Å². The van der Waals surface area contributed by atoms with E-state index in [1.807, 2.05) is 6.92 Å². The first-order valence-corrected chi connectivity index (χ1v) is 10.7. The van der Waals surface area contributed by atoms with E-state index in [1.165, 1.54) is 13.0 Å². The molecule has 2 aromatic carbocycles. The number of hydrogen-bond donors (Lipinski definition) is 1. The van der Waals surface area contributed by atoms with E-state index in [9.17, 15) is 13.2 Å². The molecule has 6 nitrogen and oxygen atoms in total. The van der Waals surface area contributed by atoms with Crippen LogP contribution >= 0.6 is 23.2 Å². The quantitative estimate of drug-likeness (QED) is 0.714. The van der Waals surface area contributed by atoms with Crippen molar-refractivity contribution in [2.45, 2.75) is 19.9 Å². The van der Waals surface area contributed by atoms with Crippen molar-refractivity contribution in [3.8, 4) is 5.75 Å². The average Bonchev–Trinajstić information content (AvgIpc) is 2.59. The largest absolute Gasteiger partial charge is 0.494 e. The van der Waals surface area contributed by atoms with E-state index < -0.39 is 22.0 Å². The van der Waals surface area contributed by atoms with E-state index >= 15 is 0 Å². The normalized spacial score (nSPS) is 12.3. The Bertz CT molecular complexity index is 917. The van der Waals surface area contributed by atoms with Crippen LogP contribution < -0.4 is 14.4 Å². The van der Waals surface area contributed by atoms with Gasteiger partial charge in [0.1, 0.15) is 11.8 Å². The lowest BCUT2D eigenvalue weighted by Gasteiger charge is -2.28. The van der Waals surface area contributed by atoms with Crippen molar-refractivity contribution >= 4 is 50.5 Å². The highest BCUT2D eigenvalue weighted by Gasteiger charge is 2.29. The molecule has 0 unspecified atom stereocenters. The van der Waals surface area contributed by atoms with Gasteiger partial charge in [0.25, 0.3) is 0 Å². The van der Waals surface area contributed by atoms with Gasteiger partial charge in [-0.05, 0) is 56.3 Å². The molecule has 0 radical (unpaired) electrons. The molecule has 0 spiro atoms. The summed E-state index contributed by atoms with van der Waals surface area (Å²) in [5.41, 5.74) is 0.777. The highest BCUT2D eigenvalue weighted by molar-refractivity contribution is 7.92. The van der Waals surface area contributed by atoms with Gasteiger partial charge in [0.2, 0.25) is 15.9 Å². The third kappa shape index (κ3) is 5.51. The minimum absolute atomic E-state index is 0.286. The molecular formula is C18H20Cl2N2O4S. The predicted molar refractivity (Wildman–Crippen MR) is 109 cm³/mol.